The molecule has 0 aromatic heterocycles. The van der Waals surface area contributed by atoms with Gasteiger partial charge in [-0.05, 0) is 28.8 Å². The van der Waals surface area contributed by atoms with Crippen molar-refractivity contribution in [3.63, 3.8) is 0 Å². The number of hydrogen-bond donors (Lipinski definition) is 1. The van der Waals surface area contributed by atoms with Crippen molar-refractivity contribution in [1.82, 2.24) is 0 Å². The number of benzene rings is 3. The third-order valence-electron chi connectivity index (χ3n) is 3.98. The van der Waals surface area contributed by atoms with Crippen molar-refractivity contribution < 1.29 is 13.5 Å². The Bertz CT molecular complexity index is 864. The van der Waals surface area contributed by atoms with Crippen LogP contribution < -0.4 is 5.73 Å². The molecule has 2 N–H and O–H groups in total. The predicted octanol–water partition coefficient (Wildman–Crippen LogP) is 4.77. The highest BCUT2D eigenvalue weighted by Gasteiger charge is 2.17. The molecular weight excluding hydrogens is 320 g/mol. The second kappa shape index (κ2) is 8.01. The number of nitrogens with two attached hydrogens (primary N) is 1. The summed E-state index contributed by atoms with van der Waals surface area (Å²) in [5.41, 5.74) is 8.40. The van der Waals surface area contributed by atoms with Crippen LogP contribution in [0.5, 0.6) is 0 Å². The smallest absolute Gasteiger partial charge is 0.131 e. The van der Waals surface area contributed by atoms with Crippen molar-refractivity contribution in [3.05, 3.63) is 83.9 Å². The third kappa shape index (κ3) is 3.76. The average Bonchev–Trinajstić information content (AvgIpc) is 2.63. The van der Waals surface area contributed by atoms with Gasteiger partial charge >= 0.3 is 0 Å². The van der Waals surface area contributed by atoms with E-state index >= 15 is 0 Å². The molecule has 0 amide bonds. The van der Waals surface area contributed by atoms with E-state index in [9.17, 15) is 8.78 Å². The lowest BCUT2D eigenvalue weighted by molar-refractivity contribution is 0.128. The van der Waals surface area contributed by atoms with E-state index in [-0.39, 0.29) is 18.2 Å². The van der Waals surface area contributed by atoms with Crippen molar-refractivity contribution in [2.75, 3.05) is 13.2 Å². The van der Waals surface area contributed by atoms with Crippen LogP contribution in [0.25, 0.3) is 22.3 Å². The van der Waals surface area contributed by atoms with E-state index in [0.717, 1.165) is 5.56 Å². The molecule has 0 fully saturated rings. The molecule has 0 unspecified atom stereocenters. The molecule has 0 heterocycles. The molecule has 4 heteroatoms. The topological polar surface area (TPSA) is 35.2 Å². The summed E-state index contributed by atoms with van der Waals surface area (Å²) >= 11 is 0. The van der Waals surface area contributed by atoms with Gasteiger partial charge in [0.1, 0.15) is 11.6 Å². The maximum Gasteiger partial charge on any atom is 0.131 e. The summed E-state index contributed by atoms with van der Waals surface area (Å²) in [5.74, 6) is -0.702. The zero-order valence-corrected chi connectivity index (χ0v) is 13.7. The first-order valence-electron chi connectivity index (χ1n) is 8.12. The molecule has 2 nitrogen and oxygen atoms in total. The van der Waals surface area contributed by atoms with Crippen LogP contribution in [0.2, 0.25) is 0 Å². The molecule has 3 aromatic rings. The molecule has 3 aromatic carbocycles. The molecule has 128 valence electrons. The highest BCUT2D eigenvalue weighted by Crippen LogP contribution is 2.37. The molecule has 0 saturated carbocycles. The summed E-state index contributed by atoms with van der Waals surface area (Å²) in [4.78, 5) is 0. The Morgan fingerprint density at radius 1 is 0.720 bits per heavy atom. The molecule has 3 rings (SSSR count). The minimum atomic E-state index is -0.355. The zero-order chi connectivity index (χ0) is 17.6. The number of hydrogen-bond acceptors (Lipinski definition) is 2. The monoisotopic (exact) mass is 339 g/mol. The SMILES string of the molecule is NCCOCc1cccc(-c2ccccc2F)c1-c1ccccc1F. The van der Waals surface area contributed by atoms with Crippen LogP contribution in [0.3, 0.4) is 0 Å². The van der Waals surface area contributed by atoms with Crippen LogP contribution in [-0.4, -0.2) is 13.2 Å². The zero-order valence-electron chi connectivity index (χ0n) is 13.7. The minimum Gasteiger partial charge on any atom is -0.375 e. The maximum absolute atomic E-state index is 14.5. The second-order valence-electron chi connectivity index (χ2n) is 5.64. The molecule has 0 aliphatic carbocycles. The predicted molar refractivity (Wildman–Crippen MR) is 95.9 cm³/mol. The van der Waals surface area contributed by atoms with Gasteiger partial charge in [0.25, 0.3) is 0 Å². The lowest BCUT2D eigenvalue weighted by Crippen LogP contribution is -2.09. The van der Waals surface area contributed by atoms with Crippen LogP contribution in [0, 0.1) is 11.6 Å². The van der Waals surface area contributed by atoms with Gasteiger partial charge < -0.3 is 10.5 Å². The molecule has 25 heavy (non-hydrogen) atoms. The van der Waals surface area contributed by atoms with Crippen LogP contribution in [-0.2, 0) is 11.3 Å². The van der Waals surface area contributed by atoms with Crippen LogP contribution in [0.4, 0.5) is 8.78 Å². The average molecular weight is 339 g/mol. The van der Waals surface area contributed by atoms with Crippen molar-refractivity contribution in [1.29, 1.82) is 0 Å². The second-order valence-corrected chi connectivity index (χ2v) is 5.64. The van der Waals surface area contributed by atoms with Crippen LogP contribution in [0.15, 0.2) is 66.7 Å². The van der Waals surface area contributed by atoms with E-state index < -0.39 is 0 Å². The molecular formula is C21H19F2NO. The summed E-state index contributed by atoms with van der Waals surface area (Å²) in [5, 5.41) is 0. The largest absolute Gasteiger partial charge is 0.375 e. The fraction of sp³-hybridized carbons (Fsp3) is 0.143. The normalized spacial score (nSPS) is 10.8. The molecule has 0 aliphatic rings. The van der Waals surface area contributed by atoms with E-state index in [4.69, 9.17) is 10.5 Å². The third-order valence-corrected chi connectivity index (χ3v) is 3.98. The summed E-state index contributed by atoms with van der Waals surface area (Å²) in [7, 11) is 0. The standard InChI is InChI=1S/C21H19F2NO/c22-19-10-3-1-7-16(19)17-9-5-6-15(14-25-13-12-24)21(17)18-8-2-4-11-20(18)23/h1-11H,12-14,24H2. The Kier molecular flexibility index (Phi) is 5.53. The van der Waals surface area contributed by atoms with Gasteiger partial charge in [-0.3, -0.25) is 0 Å². The Labute approximate surface area is 145 Å². The van der Waals surface area contributed by atoms with Gasteiger partial charge in [0.05, 0.1) is 13.2 Å². The Balaban J connectivity index is 2.20. The van der Waals surface area contributed by atoms with E-state index in [1.165, 1.54) is 12.1 Å². The molecule has 0 atom stereocenters. The number of ether oxygens (including phenoxy) is 1. The highest BCUT2D eigenvalue weighted by atomic mass is 19.1. The fourth-order valence-corrected chi connectivity index (χ4v) is 2.87. The highest BCUT2D eigenvalue weighted by molar-refractivity contribution is 5.86. The first kappa shape index (κ1) is 17.3. The van der Waals surface area contributed by atoms with Crippen molar-refractivity contribution in [3.8, 4) is 22.3 Å². The molecule has 0 saturated heterocycles. The van der Waals surface area contributed by atoms with Crippen molar-refractivity contribution in [2.45, 2.75) is 6.61 Å². The van der Waals surface area contributed by atoms with Gasteiger partial charge in [0.2, 0.25) is 0 Å². The maximum atomic E-state index is 14.5. The minimum absolute atomic E-state index is 0.281. The van der Waals surface area contributed by atoms with Gasteiger partial charge in [-0.25, -0.2) is 8.78 Å². The Hall–Kier alpha value is -2.56. The van der Waals surface area contributed by atoms with Gasteiger partial charge in [-0.15, -0.1) is 0 Å². The van der Waals surface area contributed by atoms with Gasteiger partial charge in [-0.1, -0.05) is 54.6 Å². The summed E-state index contributed by atoms with van der Waals surface area (Å²) in [6.45, 7) is 1.09. The molecule has 0 aliphatic heterocycles. The fourth-order valence-electron chi connectivity index (χ4n) is 2.87. The quantitative estimate of drug-likeness (QED) is 0.656. The first-order valence-corrected chi connectivity index (χ1v) is 8.12. The van der Waals surface area contributed by atoms with E-state index in [0.29, 0.717) is 35.4 Å². The van der Waals surface area contributed by atoms with E-state index in [1.807, 2.05) is 12.1 Å². The summed E-state index contributed by atoms with van der Waals surface area (Å²) < 4.78 is 34.4. The molecule has 0 bridgehead atoms. The van der Waals surface area contributed by atoms with Crippen molar-refractivity contribution in [2.24, 2.45) is 5.73 Å². The van der Waals surface area contributed by atoms with Gasteiger partial charge in [0.15, 0.2) is 0 Å². The van der Waals surface area contributed by atoms with Gasteiger partial charge in [-0.2, -0.15) is 0 Å². The molecule has 0 radical (unpaired) electrons. The number of halogens is 2. The lowest BCUT2D eigenvalue weighted by atomic mass is 9.90. The first-order chi connectivity index (χ1) is 12.2. The number of rotatable bonds is 6. The summed E-state index contributed by atoms with van der Waals surface area (Å²) in [6.07, 6.45) is 0. The van der Waals surface area contributed by atoms with Gasteiger partial charge in [0, 0.05) is 17.7 Å². The Morgan fingerprint density at radius 2 is 1.32 bits per heavy atom. The van der Waals surface area contributed by atoms with E-state index in [1.54, 1.807) is 42.5 Å². The lowest BCUT2D eigenvalue weighted by Gasteiger charge is -2.17. The summed E-state index contributed by atoms with van der Waals surface area (Å²) in [6, 6.07) is 18.5. The Morgan fingerprint density at radius 3 is 1.96 bits per heavy atom. The van der Waals surface area contributed by atoms with Crippen LogP contribution >= 0.6 is 0 Å². The molecule has 0 spiro atoms. The van der Waals surface area contributed by atoms with Crippen LogP contribution in [0.1, 0.15) is 5.56 Å². The van der Waals surface area contributed by atoms with E-state index in [2.05, 4.69) is 0 Å². The van der Waals surface area contributed by atoms with Crippen molar-refractivity contribution >= 4 is 0 Å².